The summed E-state index contributed by atoms with van der Waals surface area (Å²) >= 11 is 0. The first-order valence-electron chi connectivity index (χ1n) is 9.66. The van der Waals surface area contributed by atoms with Gasteiger partial charge in [-0.1, -0.05) is 30.3 Å². The quantitative estimate of drug-likeness (QED) is 0.801. The molecule has 1 saturated heterocycles. The molecule has 1 amide bonds. The molecule has 2 atom stereocenters. The van der Waals surface area contributed by atoms with Crippen LogP contribution in [0.1, 0.15) is 45.6 Å². The minimum absolute atomic E-state index is 0.0318. The summed E-state index contributed by atoms with van der Waals surface area (Å²) in [5.41, 5.74) is 2.35. The predicted molar refractivity (Wildman–Crippen MR) is 110 cm³/mol. The van der Waals surface area contributed by atoms with Crippen LogP contribution < -0.4 is 10.2 Å². The van der Waals surface area contributed by atoms with E-state index >= 15 is 0 Å². The van der Waals surface area contributed by atoms with E-state index in [9.17, 15) is 9.59 Å². The number of ether oxygens (including phenoxy) is 1. The van der Waals surface area contributed by atoms with Crippen LogP contribution in [0, 0.1) is 5.41 Å². The second kappa shape index (κ2) is 8.15. The number of esters is 1. The molecule has 5 nitrogen and oxygen atoms in total. The van der Waals surface area contributed by atoms with Crippen molar-refractivity contribution in [1.29, 1.82) is 0 Å². The topological polar surface area (TPSA) is 58.6 Å². The maximum Gasteiger partial charge on any atom is 0.312 e. The van der Waals surface area contributed by atoms with E-state index in [0.29, 0.717) is 0 Å². The monoisotopic (exact) mass is 380 g/mol. The summed E-state index contributed by atoms with van der Waals surface area (Å²) in [4.78, 5) is 26.0. The average molecular weight is 380 g/mol. The van der Waals surface area contributed by atoms with Gasteiger partial charge in [-0.3, -0.25) is 19.8 Å². The number of carbonyl (C=O) groups is 2. The van der Waals surface area contributed by atoms with E-state index in [2.05, 4.69) is 17.4 Å². The maximum absolute atomic E-state index is 12.2. The molecule has 0 bridgehead atoms. The minimum atomic E-state index is -0.505. The van der Waals surface area contributed by atoms with Crippen LogP contribution >= 0.6 is 0 Å². The number of nitrogens with one attached hydrogen (secondary N) is 1. The number of anilines is 2. The van der Waals surface area contributed by atoms with Gasteiger partial charge in [-0.2, -0.15) is 0 Å². The van der Waals surface area contributed by atoms with Gasteiger partial charge in [0.2, 0.25) is 5.91 Å². The standard InChI is InChI=1S/C23H28N2O3/c1-16(26)25(19-8-6-5-7-9-19)20-12-10-17(11-13-20)18-14-21(24-15-18)28-22(27)23(2,3)4/h5-13,18,21,24H,14-15H2,1-4H3. The van der Waals surface area contributed by atoms with Crippen LogP contribution in [0.25, 0.3) is 0 Å². The van der Waals surface area contributed by atoms with Crippen molar-refractivity contribution in [2.24, 2.45) is 5.41 Å². The highest BCUT2D eigenvalue weighted by atomic mass is 16.6. The Morgan fingerprint density at radius 2 is 1.61 bits per heavy atom. The molecule has 0 spiro atoms. The first-order valence-corrected chi connectivity index (χ1v) is 9.66. The number of hydrogen-bond acceptors (Lipinski definition) is 4. The van der Waals surface area contributed by atoms with Gasteiger partial charge in [0.1, 0.15) is 0 Å². The second-order valence-corrected chi connectivity index (χ2v) is 8.27. The molecule has 28 heavy (non-hydrogen) atoms. The Kier molecular flexibility index (Phi) is 5.84. The van der Waals surface area contributed by atoms with Gasteiger partial charge in [-0.15, -0.1) is 0 Å². The SMILES string of the molecule is CC(=O)N(c1ccccc1)c1ccc(C2CNC(OC(=O)C(C)(C)C)C2)cc1. The lowest BCUT2D eigenvalue weighted by atomic mass is 9.96. The first kappa shape index (κ1) is 20.1. The van der Waals surface area contributed by atoms with Crippen molar-refractivity contribution < 1.29 is 14.3 Å². The number of para-hydroxylation sites is 1. The van der Waals surface area contributed by atoms with E-state index in [4.69, 9.17) is 4.74 Å². The fourth-order valence-corrected chi connectivity index (χ4v) is 3.33. The van der Waals surface area contributed by atoms with Crippen LogP contribution in [0.4, 0.5) is 11.4 Å². The van der Waals surface area contributed by atoms with Crippen molar-refractivity contribution in [3.05, 3.63) is 60.2 Å². The highest BCUT2D eigenvalue weighted by Gasteiger charge is 2.32. The molecule has 0 aliphatic carbocycles. The van der Waals surface area contributed by atoms with Crippen molar-refractivity contribution in [1.82, 2.24) is 5.32 Å². The average Bonchev–Trinajstić information content (AvgIpc) is 3.11. The third-order valence-corrected chi connectivity index (χ3v) is 4.90. The van der Waals surface area contributed by atoms with Gasteiger partial charge < -0.3 is 4.74 Å². The lowest BCUT2D eigenvalue weighted by Crippen LogP contribution is -2.33. The number of amides is 1. The van der Waals surface area contributed by atoms with Crippen molar-refractivity contribution in [2.75, 3.05) is 11.4 Å². The number of nitrogens with zero attached hydrogens (tertiary/aromatic N) is 1. The summed E-state index contributed by atoms with van der Waals surface area (Å²) in [5, 5.41) is 3.28. The molecule has 0 aromatic heterocycles. The van der Waals surface area contributed by atoms with Crippen LogP contribution in [-0.2, 0) is 14.3 Å². The minimum Gasteiger partial charge on any atom is -0.446 e. The van der Waals surface area contributed by atoms with Crippen LogP contribution in [-0.4, -0.2) is 24.6 Å². The number of hydrogen-bond donors (Lipinski definition) is 1. The van der Waals surface area contributed by atoms with E-state index in [1.54, 1.807) is 11.8 Å². The zero-order chi connectivity index (χ0) is 20.3. The van der Waals surface area contributed by atoms with Crippen molar-refractivity contribution in [2.45, 2.75) is 46.3 Å². The van der Waals surface area contributed by atoms with E-state index in [1.807, 2.05) is 63.2 Å². The summed E-state index contributed by atoms with van der Waals surface area (Å²) in [5.74, 6) is 0.0471. The molecule has 2 aromatic carbocycles. The van der Waals surface area contributed by atoms with Crippen molar-refractivity contribution in [3.8, 4) is 0 Å². The molecular formula is C23H28N2O3. The zero-order valence-electron chi connectivity index (χ0n) is 16.9. The molecule has 148 valence electrons. The van der Waals surface area contributed by atoms with Gasteiger partial charge in [-0.25, -0.2) is 0 Å². The predicted octanol–water partition coefficient (Wildman–Crippen LogP) is 4.36. The Labute approximate surface area is 166 Å². The number of rotatable bonds is 4. The summed E-state index contributed by atoms with van der Waals surface area (Å²) in [6.45, 7) is 7.89. The lowest BCUT2D eigenvalue weighted by molar-refractivity contribution is -0.159. The lowest BCUT2D eigenvalue weighted by Gasteiger charge is -2.22. The highest BCUT2D eigenvalue weighted by molar-refractivity contribution is 5.98. The van der Waals surface area contributed by atoms with Gasteiger partial charge in [0.05, 0.1) is 5.41 Å². The van der Waals surface area contributed by atoms with Crippen LogP contribution in [0.15, 0.2) is 54.6 Å². The molecule has 2 unspecified atom stereocenters. The van der Waals surface area contributed by atoms with Gasteiger partial charge >= 0.3 is 5.97 Å². The Bertz CT molecular complexity index is 825. The summed E-state index contributed by atoms with van der Waals surface area (Å²) in [6, 6.07) is 17.7. The van der Waals surface area contributed by atoms with E-state index < -0.39 is 5.41 Å². The molecule has 2 aromatic rings. The fourth-order valence-electron chi connectivity index (χ4n) is 3.33. The van der Waals surface area contributed by atoms with Gasteiger partial charge in [0, 0.05) is 37.2 Å². The van der Waals surface area contributed by atoms with Gasteiger partial charge in [-0.05, 0) is 50.6 Å². The van der Waals surface area contributed by atoms with E-state index in [0.717, 1.165) is 24.3 Å². The fraction of sp³-hybridized carbons (Fsp3) is 0.391. The van der Waals surface area contributed by atoms with Crippen molar-refractivity contribution in [3.63, 3.8) is 0 Å². The molecule has 0 radical (unpaired) electrons. The second-order valence-electron chi connectivity index (χ2n) is 8.27. The van der Waals surface area contributed by atoms with E-state index in [1.165, 1.54) is 5.56 Å². The Morgan fingerprint density at radius 1 is 1.00 bits per heavy atom. The van der Waals surface area contributed by atoms with Crippen molar-refractivity contribution >= 4 is 23.3 Å². The largest absolute Gasteiger partial charge is 0.446 e. The van der Waals surface area contributed by atoms with Crippen LogP contribution in [0.5, 0.6) is 0 Å². The zero-order valence-corrected chi connectivity index (χ0v) is 16.9. The first-order chi connectivity index (χ1) is 13.3. The van der Waals surface area contributed by atoms with Gasteiger partial charge in [0.15, 0.2) is 6.23 Å². The summed E-state index contributed by atoms with van der Waals surface area (Å²) in [6.07, 6.45) is 0.491. The Hall–Kier alpha value is -2.66. The Morgan fingerprint density at radius 3 is 2.18 bits per heavy atom. The van der Waals surface area contributed by atoms with E-state index in [-0.39, 0.29) is 24.0 Å². The summed E-state index contributed by atoms with van der Waals surface area (Å²) in [7, 11) is 0. The molecular weight excluding hydrogens is 352 g/mol. The Balaban J connectivity index is 1.69. The molecule has 1 aliphatic heterocycles. The molecule has 1 fully saturated rings. The molecule has 0 saturated carbocycles. The molecule has 1 heterocycles. The maximum atomic E-state index is 12.2. The molecule has 1 N–H and O–H groups in total. The number of carbonyl (C=O) groups excluding carboxylic acids is 2. The van der Waals surface area contributed by atoms with Crippen LogP contribution in [0.2, 0.25) is 0 Å². The molecule has 3 rings (SSSR count). The van der Waals surface area contributed by atoms with Crippen LogP contribution in [0.3, 0.4) is 0 Å². The van der Waals surface area contributed by atoms with Gasteiger partial charge in [0.25, 0.3) is 0 Å². The smallest absolute Gasteiger partial charge is 0.312 e. The normalized spacial score (nSPS) is 19.3. The third-order valence-electron chi connectivity index (χ3n) is 4.90. The highest BCUT2D eigenvalue weighted by Crippen LogP contribution is 2.31. The molecule has 1 aliphatic rings. The third kappa shape index (κ3) is 4.60. The number of benzene rings is 2. The molecule has 5 heteroatoms. The summed E-state index contributed by atoms with van der Waals surface area (Å²) < 4.78 is 5.58.